The lowest BCUT2D eigenvalue weighted by atomic mass is 9.90. The topological polar surface area (TPSA) is 3.24 Å². The third-order valence-corrected chi connectivity index (χ3v) is 14.4. The van der Waals surface area contributed by atoms with Gasteiger partial charge in [-0.1, -0.05) is 176 Å². The van der Waals surface area contributed by atoms with Gasteiger partial charge in [-0.25, -0.2) is 0 Å². The summed E-state index contributed by atoms with van der Waals surface area (Å²) in [6.07, 6.45) is 0. The number of fused-ring (bicyclic) bond motifs is 7. The molecule has 0 saturated heterocycles. The van der Waals surface area contributed by atoms with Gasteiger partial charge in [-0.3, -0.25) is 0 Å². The highest BCUT2D eigenvalue weighted by atomic mass is 32.1. The molecular formula is C58H37NS2. The summed E-state index contributed by atoms with van der Waals surface area (Å²) in [6.45, 7) is 0. The van der Waals surface area contributed by atoms with Crippen LogP contribution in [0.1, 0.15) is 0 Å². The second kappa shape index (κ2) is 14.8. The molecule has 0 fully saturated rings. The summed E-state index contributed by atoms with van der Waals surface area (Å²) in [7, 11) is 0. The zero-order valence-corrected chi connectivity index (χ0v) is 34.8. The van der Waals surface area contributed by atoms with E-state index in [1.165, 1.54) is 95.6 Å². The van der Waals surface area contributed by atoms with Crippen LogP contribution in [0.2, 0.25) is 0 Å². The van der Waals surface area contributed by atoms with Gasteiger partial charge in [0.15, 0.2) is 0 Å². The van der Waals surface area contributed by atoms with Crippen LogP contribution in [0.4, 0.5) is 17.1 Å². The molecule has 0 saturated carbocycles. The van der Waals surface area contributed by atoms with Gasteiger partial charge in [0, 0.05) is 57.2 Å². The molecule has 0 atom stereocenters. The first-order chi connectivity index (χ1) is 30.3. The van der Waals surface area contributed by atoms with E-state index in [1.807, 2.05) is 22.7 Å². The normalized spacial score (nSPS) is 11.6. The molecule has 0 unspecified atom stereocenters. The fourth-order valence-electron chi connectivity index (χ4n) is 9.32. The molecule has 61 heavy (non-hydrogen) atoms. The van der Waals surface area contributed by atoms with E-state index in [0.29, 0.717) is 0 Å². The van der Waals surface area contributed by atoms with Crippen molar-refractivity contribution in [3.05, 3.63) is 224 Å². The number of hydrogen-bond donors (Lipinski definition) is 0. The number of anilines is 3. The van der Waals surface area contributed by atoms with E-state index in [9.17, 15) is 0 Å². The smallest absolute Gasteiger partial charge is 0.0540 e. The van der Waals surface area contributed by atoms with E-state index in [4.69, 9.17) is 0 Å². The minimum atomic E-state index is 1.09. The van der Waals surface area contributed by atoms with E-state index in [1.54, 1.807) is 0 Å². The molecule has 2 aromatic heterocycles. The Bertz CT molecular complexity index is 3600. The summed E-state index contributed by atoms with van der Waals surface area (Å²) in [5, 5.41) is 7.72. The summed E-state index contributed by atoms with van der Waals surface area (Å²) < 4.78 is 5.24. The molecule has 3 heteroatoms. The predicted molar refractivity (Wildman–Crippen MR) is 266 cm³/mol. The lowest BCUT2D eigenvalue weighted by Gasteiger charge is -2.30. The van der Waals surface area contributed by atoms with Gasteiger partial charge in [0.05, 0.1) is 11.4 Å². The largest absolute Gasteiger partial charge is 0.309 e. The van der Waals surface area contributed by atoms with Crippen molar-refractivity contribution in [1.82, 2.24) is 0 Å². The van der Waals surface area contributed by atoms with E-state index in [0.717, 1.165) is 17.1 Å². The Balaban J connectivity index is 1.07. The Hall–Kier alpha value is -7.30. The second-order valence-corrected chi connectivity index (χ2v) is 17.7. The lowest BCUT2D eigenvalue weighted by Crippen LogP contribution is -2.12. The van der Waals surface area contributed by atoms with Crippen LogP contribution in [-0.4, -0.2) is 0 Å². The Morgan fingerprint density at radius 2 is 0.754 bits per heavy atom. The molecule has 286 valence electrons. The molecule has 2 heterocycles. The lowest BCUT2D eigenvalue weighted by molar-refractivity contribution is 1.28. The zero-order chi connectivity index (χ0) is 40.3. The molecule has 0 aliphatic carbocycles. The van der Waals surface area contributed by atoms with Crippen LogP contribution in [0, 0.1) is 0 Å². The minimum absolute atomic E-state index is 1.09. The van der Waals surface area contributed by atoms with Gasteiger partial charge in [0.1, 0.15) is 0 Å². The van der Waals surface area contributed by atoms with Crippen LogP contribution in [-0.2, 0) is 0 Å². The second-order valence-electron chi connectivity index (χ2n) is 15.6. The van der Waals surface area contributed by atoms with Gasteiger partial charge in [0.25, 0.3) is 0 Å². The third-order valence-electron chi connectivity index (χ3n) is 12.1. The van der Waals surface area contributed by atoms with Crippen molar-refractivity contribution in [3.63, 3.8) is 0 Å². The van der Waals surface area contributed by atoms with Crippen molar-refractivity contribution in [2.24, 2.45) is 0 Å². The highest BCUT2D eigenvalue weighted by Gasteiger charge is 2.23. The molecule has 0 radical (unpaired) electrons. The van der Waals surface area contributed by atoms with Gasteiger partial charge < -0.3 is 4.90 Å². The molecule has 0 N–H and O–H groups in total. The van der Waals surface area contributed by atoms with Gasteiger partial charge >= 0.3 is 0 Å². The number of thiophene rings is 2. The predicted octanol–water partition coefficient (Wildman–Crippen LogP) is 17.7. The van der Waals surface area contributed by atoms with Crippen molar-refractivity contribution in [3.8, 4) is 44.5 Å². The van der Waals surface area contributed by atoms with Gasteiger partial charge in [-0.05, 0) is 92.7 Å². The monoisotopic (exact) mass is 811 g/mol. The fraction of sp³-hybridized carbons (Fsp3) is 0. The average Bonchev–Trinajstić information content (AvgIpc) is 3.90. The quantitative estimate of drug-likeness (QED) is 0.155. The van der Waals surface area contributed by atoms with Gasteiger partial charge in [-0.15, -0.1) is 22.7 Å². The van der Waals surface area contributed by atoms with Crippen LogP contribution in [0.5, 0.6) is 0 Å². The first-order valence-corrected chi connectivity index (χ1v) is 22.4. The first-order valence-electron chi connectivity index (χ1n) is 20.7. The Kier molecular flexibility index (Phi) is 8.62. The Morgan fingerprint density at radius 1 is 0.279 bits per heavy atom. The van der Waals surface area contributed by atoms with Crippen LogP contribution in [0.3, 0.4) is 0 Å². The van der Waals surface area contributed by atoms with Crippen LogP contribution >= 0.6 is 22.7 Å². The number of hydrogen-bond acceptors (Lipinski definition) is 3. The number of nitrogens with zero attached hydrogens (tertiary/aromatic N) is 1. The van der Waals surface area contributed by atoms with Crippen molar-refractivity contribution in [2.75, 3.05) is 4.90 Å². The fourth-order valence-corrected chi connectivity index (χ4v) is 11.6. The summed E-state index contributed by atoms with van der Waals surface area (Å²) in [5.74, 6) is 0. The minimum Gasteiger partial charge on any atom is -0.309 e. The summed E-state index contributed by atoms with van der Waals surface area (Å²) >= 11 is 3.73. The number of benzene rings is 10. The van der Waals surface area contributed by atoms with Crippen LogP contribution in [0.15, 0.2) is 224 Å². The average molecular weight is 812 g/mol. The van der Waals surface area contributed by atoms with E-state index in [2.05, 4.69) is 229 Å². The van der Waals surface area contributed by atoms with Crippen molar-refractivity contribution < 1.29 is 0 Å². The highest BCUT2D eigenvalue weighted by Crippen LogP contribution is 2.49. The molecule has 0 aliphatic heterocycles. The Labute approximate surface area is 362 Å². The number of para-hydroxylation sites is 2. The first kappa shape index (κ1) is 35.6. The summed E-state index contributed by atoms with van der Waals surface area (Å²) in [6, 6.07) is 82.5. The summed E-state index contributed by atoms with van der Waals surface area (Å²) in [5.41, 5.74) is 13.0. The molecule has 0 spiro atoms. The Morgan fingerprint density at radius 3 is 1.52 bits per heavy atom. The summed E-state index contributed by atoms with van der Waals surface area (Å²) in [4.78, 5) is 2.48. The molecule has 0 aliphatic rings. The van der Waals surface area contributed by atoms with E-state index in [-0.39, 0.29) is 0 Å². The van der Waals surface area contributed by atoms with Crippen LogP contribution < -0.4 is 4.90 Å². The maximum Gasteiger partial charge on any atom is 0.0540 e. The molecule has 0 bridgehead atoms. The van der Waals surface area contributed by atoms with Gasteiger partial charge in [-0.2, -0.15) is 0 Å². The number of rotatable bonds is 7. The molecule has 0 amide bonds. The van der Waals surface area contributed by atoms with Crippen molar-refractivity contribution >= 4 is 90.9 Å². The molecule has 12 aromatic rings. The molecule has 12 rings (SSSR count). The zero-order valence-electron chi connectivity index (χ0n) is 33.1. The maximum absolute atomic E-state index is 2.48. The highest BCUT2D eigenvalue weighted by molar-refractivity contribution is 7.26. The molecule has 10 aromatic carbocycles. The standard InChI is InChI=1S/C58H37NS2/c1-2-17-42-39(15-1)16-13-24-43(42)44-18-3-4-19-45(44)46-20-5-9-26-52(46)59(41-34-31-38(32-35-41)40-33-36-49-48-22-7-11-28-54(48)61-57(49)37-40)53-27-10-6-21-47(53)50-25-14-30-56-58(50)51-23-8-12-29-55(51)60-56/h1-37H. The third kappa shape index (κ3) is 6.04. The SMILES string of the molecule is c1ccc(-c2cccc3ccccc23)c(-c2ccccc2N(c2ccc(-c3ccc4c(c3)sc3ccccc34)cc2)c2ccccc2-c2cccc3sc4ccccc4c23)c1. The van der Waals surface area contributed by atoms with Crippen molar-refractivity contribution in [1.29, 1.82) is 0 Å². The van der Waals surface area contributed by atoms with Gasteiger partial charge in [0.2, 0.25) is 0 Å². The van der Waals surface area contributed by atoms with E-state index < -0.39 is 0 Å². The maximum atomic E-state index is 2.48. The van der Waals surface area contributed by atoms with Crippen LogP contribution in [0.25, 0.3) is 95.6 Å². The molecular weight excluding hydrogens is 775 g/mol. The van der Waals surface area contributed by atoms with E-state index >= 15 is 0 Å². The molecule has 1 nitrogen and oxygen atoms in total. The van der Waals surface area contributed by atoms with Crippen molar-refractivity contribution in [2.45, 2.75) is 0 Å².